The second kappa shape index (κ2) is 5.82. The van der Waals surface area contributed by atoms with Gasteiger partial charge >= 0.3 is 0 Å². The summed E-state index contributed by atoms with van der Waals surface area (Å²) in [4.78, 5) is 13.9. The smallest absolute Gasteiger partial charge is 0.222 e. The van der Waals surface area contributed by atoms with Gasteiger partial charge in [0, 0.05) is 37.3 Å². The number of aromatic amines is 1. The fourth-order valence-corrected chi connectivity index (χ4v) is 2.36. The Morgan fingerprint density at radius 2 is 2.53 bits per heavy atom. The van der Waals surface area contributed by atoms with Crippen LogP contribution in [0.3, 0.4) is 0 Å². The maximum Gasteiger partial charge on any atom is 0.222 e. The van der Waals surface area contributed by atoms with Crippen molar-refractivity contribution in [1.29, 1.82) is 0 Å². The minimum Gasteiger partial charge on any atom is -0.342 e. The first-order valence-corrected chi connectivity index (χ1v) is 6.28. The van der Waals surface area contributed by atoms with Crippen LogP contribution >= 0.6 is 0 Å². The summed E-state index contributed by atoms with van der Waals surface area (Å²) in [5, 5.41) is 6.97. The largest absolute Gasteiger partial charge is 0.342 e. The van der Waals surface area contributed by atoms with Crippen LogP contribution in [0.2, 0.25) is 0 Å². The number of nitrogens with one attached hydrogen (secondary N) is 1. The lowest BCUT2D eigenvalue weighted by atomic mass is 9.94. The van der Waals surface area contributed by atoms with Crippen LogP contribution in [0.4, 0.5) is 0 Å². The minimum atomic E-state index is 0.236. The van der Waals surface area contributed by atoms with Gasteiger partial charge in [0.05, 0.1) is 0 Å². The Balaban J connectivity index is 1.90. The van der Waals surface area contributed by atoms with Crippen LogP contribution in [-0.4, -0.2) is 40.6 Å². The number of H-pyrrole nitrogens is 1. The fraction of sp³-hybridized carbons (Fsp3) is 0.667. The van der Waals surface area contributed by atoms with Crippen molar-refractivity contribution in [3.63, 3.8) is 0 Å². The molecule has 1 unspecified atom stereocenters. The van der Waals surface area contributed by atoms with Crippen LogP contribution < -0.4 is 5.73 Å². The van der Waals surface area contributed by atoms with Gasteiger partial charge in [0.2, 0.25) is 5.91 Å². The van der Waals surface area contributed by atoms with E-state index in [9.17, 15) is 4.79 Å². The van der Waals surface area contributed by atoms with Gasteiger partial charge in [-0.1, -0.05) is 0 Å². The molecule has 0 saturated carbocycles. The summed E-state index contributed by atoms with van der Waals surface area (Å²) < 4.78 is 0. The maximum absolute atomic E-state index is 11.9. The highest BCUT2D eigenvalue weighted by molar-refractivity contribution is 5.76. The third kappa shape index (κ3) is 3.06. The molecule has 1 aliphatic rings. The molecule has 0 spiro atoms. The summed E-state index contributed by atoms with van der Waals surface area (Å²) in [5.41, 5.74) is 6.57. The zero-order chi connectivity index (χ0) is 12.1. The number of amides is 1. The van der Waals surface area contributed by atoms with Crippen molar-refractivity contribution < 1.29 is 4.79 Å². The van der Waals surface area contributed by atoms with Gasteiger partial charge < -0.3 is 10.6 Å². The van der Waals surface area contributed by atoms with E-state index in [4.69, 9.17) is 5.73 Å². The van der Waals surface area contributed by atoms with Crippen LogP contribution in [0.25, 0.3) is 0 Å². The molecule has 1 fully saturated rings. The summed E-state index contributed by atoms with van der Waals surface area (Å²) in [6, 6.07) is 2.00. The van der Waals surface area contributed by atoms with Gasteiger partial charge in [0.25, 0.3) is 0 Å². The number of nitrogens with two attached hydrogens (primary N) is 1. The molecule has 0 aliphatic carbocycles. The van der Waals surface area contributed by atoms with E-state index in [1.165, 1.54) is 0 Å². The first kappa shape index (κ1) is 12.1. The van der Waals surface area contributed by atoms with Crippen molar-refractivity contribution in [3.05, 3.63) is 18.0 Å². The lowest BCUT2D eigenvalue weighted by molar-refractivity contribution is -0.132. The van der Waals surface area contributed by atoms with E-state index >= 15 is 0 Å². The van der Waals surface area contributed by atoms with Crippen molar-refractivity contribution >= 4 is 5.91 Å². The average molecular weight is 236 g/mol. The zero-order valence-electron chi connectivity index (χ0n) is 10.1. The molecule has 1 aromatic rings. The molecule has 0 radical (unpaired) electrons. The summed E-state index contributed by atoms with van der Waals surface area (Å²) in [7, 11) is 0. The van der Waals surface area contributed by atoms with E-state index in [1.807, 2.05) is 11.0 Å². The second-order valence-corrected chi connectivity index (χ2v) is 4.58. The monoisotopic (exact) mass is 236 g/mol. The van der Waals surface area contributed by atoms with E-state index < -0.39 is 0 Å². The molecule has 17 heavy (non-hydrogen) atoms. The molecule has 5 heteroatoms. The van der Waals surface area contributed by atoms with Gasteiger partial charge in [0.1, 0.15) is 0 Å². The molecular weight excluding hydrogens is 216 g/mol. The van der Waals surface area contributed by atoms with Gasteiger partial charge in [0.15, 0.2) is 0 Å². The molecule has 1 saturated heterocycles. The van der Waals surface area contributed by atoms with E-state index in [0.717, 1.165) is 38.0 Å². The molecular formula is C12H20N4O. The van der Waals surface area contributed by atoms with Crippen molar-refractivity contribution in [2.45, 2.75) is 31.6 Å². The number of aromatic nitrogens is 2. The third-order valence-corrected chi connectivity index (χ3v) is 3.33. The van der Waals surface area contributed by atoms with E-state index in [0.29, 0.717) is 18.9 Å². The van der Waals surface area contributed by atoms with E-state index in [1.54, 1.807) is 6.20 Å². The number of rotatable bonds is 4. The van der Waals surface area contributed by atoms with Gasteiger partial charge in [-0.15, -0.1) is 0 Å². The van der Waals surface area contributed by atoms with E-state index in [2.05, 4.69) is 10.2 Å². The first-order chi connectivity index (χ1) is 8.31. The summed E-state index contributed by atoms with van der Waals surface area (Å²) >= 11 is 0. The Bertz CT molecular complexity index is 349. The fourth-order valence-electron chi connectivity index (χ4n) is 2.36. The molecule has 5 nitrogen and oxygen atoms in total. The molecule has 1 aromatic heterocycles. The highest BCUT2D eigenvalue weighted by Gasteiger charge is 2.24. The average Bonchev–Trinajstić information content (AvgIpc) is 2.90. The molecule has 2 rings (SSSR count). The molecule has 1 atom stereocenters. The highest BCUT2D eigenvalue weighted by atomic mass is 16.2. The van der Waals surface area contributed by atoms with Crippen molar-refractivity contribution in [3.8, 4) is 0 Å². The zero-order valence-corrected chi connectivity index (χ0v) is 10.1. The van der Waals surface area contributed by atoms with Crippen LogP contribution in [0.5, 0.6) is 0 Å². The predicted octanol–water partition coefficient (Wildman–Crippen LogP) is 0.855. The molecule has 3 N–H and O–H groups in total. The number of likely N-dealkylation sites (tertiary alicyclic amines) is 1. The Morgan fingerprint density at radius 1 is 1.65 bits per heavy atom. The molecule has 0 bridgehead atoms. The molecule has 94 valence electrons. The molecule has 2 heterocycles. The molecule has 1 aliphatic heterocycles. The summed E-state index contributed by atoms with van der Waals surface area (Å²) in [6.07, 6.45) is 5.32. The third-order valence-electron chi connectivity index (χ3n) is 3.33. The van der Waals surface area contributed by atoms with Crippen molar-refractivity contribution in [1.82, 2.24) is 15.1 Å². The number of carbonyl (C=O) groups excluding carboxylic acids is 1. The van der Waals surface area contributed by atoms with Gasteiger partial charge in [-0.2, -0.15) is 5.10 Å². The summed E-state index contributed by atoms with van der Waals surface area (Å²) in [5.74, 6) is 0.646. The Hall–Kier alpha value is -1.36. The number of carbonyl (C=O) groups is 1. The van der Waals surface area contributed by atoms with Crippen molar-refractivity contribution in [2.75, 3.05) is 19.6 Å². The molecule has 1 amide bonds. The first-order valence-electron chi connectivity index (χ1n) is 6.28. The van der Waals surface area contributed by atoms with Crippen LogP contribution in [-0.2, 0) is 4.79 Å². The Kier molecular flexibility index (Phi) is 4.14. The maximum atomic E-state index is 11.9. The normalized spacial score (nSPS) is 20.5. The van der Waals surface area contributed by atoms with Crippen LogP contribution in [0.1, 0.15) is 37.3 Å². The second-order valence-electron chi connectivity index (χ2n) is 4.58. The SMILES string of the molecule is NCCCC(=O)N1CCCC(c2ccn[nH]2)C1. The van der Waals surface area contributed by atoms with E-state index in [-0.39, 0.29) is 5.91 Å². The summed E-state index contributed by atoms with van der Waals surface area (Å²) in [6.45, 7) is 2.28. The van der Waals surface area contributed by atoms with Gasteiger partial charge in [-0.05, 0) is 31.9 Å². The highest BCUT2D eigenvalue weighted by Crippen LogP contribution is 2.25. The van der Waals surface area contributed by atoms with Crippen LogP contribution in [0, 0.1) is 0 Å². The van der Waals surface area contributed by atoms with Crippen LogP contribution in [0.15, 0.2) is 12.3 Å². The number of piperidine rings is 1. The Labute approximate surface area is 101 Å². The number of hydrogen-bond donors (Lipinski definition) is 2. The predicted molar refractivity (Wildman–Crippen MR) is 65.4 cm³/mol. The quantitative estimate of drug-likeness (QED) is 0.814. The van der Waals surface area contributed by atoms with Gasteiger partial charge in [-0.3, -0.25) is 9.89 Å². The van der Waals surface area contributed by atoms with Gasteiger partial charge in [-0.25, -0.2) is 0 Å². The topological polar surface area (TPSA) is 75.0 Å². The number of nitrogens with zero attached hydrogens (tertiary/aromatic N) is 2. The minimum absolute atomic E-state index is 0.236. The van der Waals surface area contributed by atoms with Crippen molar-refractivity contribution in [2.24, 2.45) is 5.73 Å². The standard InChI is InChI=1S/C12H20N4O/c13-6-1-4-12(17)16-8-2-3-10(9-16)11-5-7-14-15-11/h5,7,10H,1-4,6,8-9,13H2,(H,14,15). The molecule has 0 aromatic carbocycles. The number of hydrogen-bond acceptors (Lipinski definition) is 3. The lowest BCUT2D eigenvalue weighted by Crippen LogP contribution is -2.39. The lowest BCUT2D eigenvalue weighted by Gasteiger charge is -2.32. The Morgan fingerprint density at radius 3 is 3.24 bits per heavy atom.